The average Bonchev–Trinajstić information content (AvgIpc) is 2.19. The molecule has 0 aromatic carbocycles. The first-order valence-corrected chi connectivity index (χ1v) is 4.77. The largest absolute Gasteiger partial charge is 0.361 e. The fourth-order valence-corrected chi connectivity index (χ4v) is 2.20. The molecule has 0 aromatic rings. The van der Waals surface area contributed by atoms with Gasteiger partial charge in [-0.15, -0.1) is 0 Å². The number of hydrogen-bond donors (Lipinski definition) is 0. The van der Waals surface area contributed by atoms with Crippen LogP contribution in [-0.2, 0) is 4.79 Å². The second kappa shape index (κ2) is 3.27. The van der Waals surface area contributed by atoms with Crippen molar-refractivity contribution in [3.63, 3.8) is 0 Å². The minimum Gasteiger partial charge on any atom is -0.361 e. The standard InChI is InChI=1S/C10H12N2O/c11-12-9-6-5-7-3-1-2-4-8(7)10(9)13/h5,8H,1-4,6H2. The van der Waals surface area contributed by atoms with E-state index in [-0.39, 0.29) is 11.7 Å². The molecule has 0 aliphatic heterocycles. The lowest BCUT2D eigenvalue weighted by atomic mass is 9.76. The first-order chi connectivity index (χ1) is 6.33. The van der Waals surface area contributed by atoms with E-state index in [1.165, 1.54) is 12.0 Å². The summed E-state index contributed by atoms with van der Waals surface area (Å²) < 4.78 is 0. The molecule has 0 saturated heterocycles. The Morgan fingerprint density at radius 1 is 1.46 bits per heavy atom. The molecule has 0 N–H and O–H groups in total. The lowest BCUT2D eigenvalue weighted by Crippen LogP contribution is -2.31. The van der Waals surface area contributed by atoms with Crippen molar-refractivity contribution in [2.45, 2.75) is 32.1 Å². The number of allylic oxidation sites excluding steroid dienone is 2. The fourth-order valence-electron chi connectivity index (χ4n) is 2.20. The maximum absolute atomic E-state index is 11.7. The van der Waals surface area contributed by atoms with Gasteiger partial charge < -0.3 is 5.53 Å². The molecule has 0 amide bonds. The smallest absolute Gasteiger partial charge is 0.338 e. The highest BCUT2D eigenvalue weighted by Crippen LogP contribution is 2.33. The van der Waals surface area contributed by atoms with Gasteiger partial charge in [0.05, 0.1) is 12.3 Å². The first-order valence-electron chi connectivity index (χ1n) is 4.77. The van der Waals surface area contributed by atoms with E-state index in [0.29, 0.717) is 12.1 Å². The van der Waals surface area contributed by atoms with Gasteiger partial charge in [0.25, 0.3) is 0 Å². The van der Waals surface area contributed by atoms with Gasteiger partial charge in [0.1, 0.15) is 0 Å². The van der Waals surface area contributed by atoms with Crippen LogP contribution in [0.5, 0.6) is 0 Å². The summed E-state index contributed by atoms with van der Waals surface area (Å²) in [6.07, 6.45) is 6.87. The molecule has 1 atom stereocenters. The van der Waals surface area contributed by atoms with Crippen LogP contribution < -0.4 is 0 Å². The molecule has 2 aliphatic carbocycles. The van der Waals surface area contributed by atoms with Crippen LogP contribution in [0.4, 0.5) is 0 Å². The van der Waals surface area contributed by atoms with Crippen molar-refractivity contribution in [1.82, 2.24) is 0 Å². The van der Waals surface area contributed by atoms with Crippen molar-refractivity contribution >= 4 is 11.5 Å². The van der Waals surface area contributed by atoms with Gasteiger partial charge in [-0.25, -0.2) is 0 Å². The molecule has 2 aliphatic rings. The Labute approximate surface area is 77.1 Å². The van der Waals surface area contributed by atoms with Gasteiger partial charge in [-0.1, -0.05) is 18.1 Å². The molecule has 0 aromatic heterocycles. The highest BCUT2D eigenvalue weighted by atomic mass is 16.1. The Morgan fingerprint density at radius 2 is 2.31 bits per heavy atom. The van der Waals surface area contributed by atoms with Crippen molar-refractivity contribution < 1.29 is 9.58 Å². The molecule has 1 fully saturated rings. The number of rotatable bonds is 0. The second-order valence-electron chi connectivity index (χ2n) is 3.69. The molecular formula is C10H12N2O. The zero-order valence-corrected chi connectivity index (χ0v) is 7.49. The van der Waals surface area contributed by atoms with Gasteiger partial charge in [0, 0.05) is 0 Å². The molecule has 2 rings (SSSR count). The Balaban J connectivity index is 2.32. The van der Waals surface area contributed by atoms with Crippen LogP contribution in [0, 0.1) is 5.92 Å². The molecule has 1 unspecified atom stereocenters. The summed E-state index contributed by atoms with van der Waals surface area (Å²) in [6, 6.07) is 0. The van der Waals surface area contributed by atoms with Crippen molar-refractivity contribution in [2.24, 2.45) is 5.92 Å². The number of carbonyl (C=O) groups excluding carboxylic acids is 1. The van der Waals surface area contributed by atoms with Crippen molar-refractivity contribution in [1.29, 1.82) is 0 Å². The number of Topliss-reactive ketones (excluding diaryl/α,β-unsaturated/α-hetero) is 1. The minimum atomic E-state index is 0.0356. The van der Waals surface area contributed by atoms with Crippen LogP contribution >= 0.6 is 0 Å². The molecule has 0 spiro atoms. The summed E-state index contributed by atoms with van der Waals surface area (Å²) in [7, 11) is 0. The summed E-state index contributed by atoms with van der Waals surface area (Å²) in [5.41, 5.74) is 10.2. The van der Waals surface area contributed by atoms with Gasteiger partial charge in [0.15, 0.2) is 0 Å². The SMILES string of the molecule is [N-]=[N+]=C1CC=C2CCCCC2C1=O. The van der Waals surface area contributed by atoms with Crippen molar-refractivity contribution in [3.8, 4) is 0 Å². The van der Waals surface area contributed by atoms with Crippen molar-refractivity contribution in [2.75, 3.05) is 0 Å². The molecule has 0 radical (unpaired) electrons. The predicted octanol–water partition coefficient (Wildman–Crippen LogP) is 1.75. The maximum atomic E-state index is 11.7. The van der Waals surface area contributed by atoms with Gasteiger partial charge in [-0.3, -0.25) is 4.79 Å². The summed E-state index contributed by atoms with van der Waals surface area (Å²) in [4.78, 5) is 14.7. The van der Waals surface area contributed by atoms with Crippen LogP contribution in [0.15, 0.2) is 11.6 Å². The van der Waals surface area contributed by atoms with Crippen LogP contribution in [0.2, 0.25) is 0 Å². The van der Waals surface area contributed by atoms with E-state index in [1.807, 2.05) is 0 Å². The molecule has 0 heterocycles. The van der Waals surface area contributed by atoms with Gasteiger partial charge in [-0.2, -0.15) is 4.79 Å². The normalized spacial score (nSPS) is 27.7. The Hall–Kier alpha value is -1.21. The van der Waals surface area contributed by atoms with E-state index >= 15 is 0 Å². The van der Waals surface area contributed by atoms with E-state index < -0.39 is 0 Å². The molecule has 3 heteroatoms. The number of ketones is 1. The molecule has 0 bridgehead atoms. The summed E-state index contributed by atoms with van der Waals surface area (Å²) in [5.74, 6) is 0.0769. The predicted molar refractivity (Wildman–Crippen MR) is 48.3 cm³/mol. The van der Waals surface area contributed by atoms with Gasteiger partial charge in [0.2, 0.25) is 5.78 Å². The van der Waals surface area contributed by atoms with Crippen LogP contribution in [0.3, 0.4) is 0 Å². The maximum Gasteiger partial charge on any atom is 0.338 e. The number of nitrogens with zero attached hydrogens (tertiary/aromatic N) is 2. The van der Waals surface area contributed by atoms with E-state index in [2.05, 4.69) is 10.9 Å². The molecule has 13 heavy (non-hydrogen) atoms. The van der Waals surface area contributed by atoms with Crippen LogP contribution in [0.1, 0.15) is 32.1 Å². The third-order valence-corrected chi connectivity index (χ3v) is 2.94. The average molecular weight is 176 g/mol. The highest BCUT2D eigenvalue weighted by molar-refractivity contribution is 6.39. The van der Waals surface area contributed by atoms with E-state index in [0.717, 1.165) is 19.3 Å². The van der Waals surface area contributed by atoms with Crippen molar-refractivity contribution in [3.05, 3.63) is 17.2 Å². The van der Waals surface area contributed by atoms with Crippen LogP contribution in [-0.4, -0.2) is 16.3 Å². The third-order valence-electron chi connectivity index (χ3n) is 2.94. The second-order valence-corrected chi connectivity index (χ2v) is 3.69. The van der Waals surface area contributed by atoms with E-state index in [1.54, 1.807) is 0 Å². The zero-order chi connectivity index (χ0) is 9.26. The summed E-state index contributed by atoms with van der Waals surface area (Å²) in [5, 5.41) is 0. The minimum absolute atomic E-state index is 0.0356. The monoisotopic (exact) mass is 176 g/mol. The molecule has 1 saturated carbocycles. The number of carbonyl (C=O) groups is 1. The summed E-state index contributed by atoms with van der Waals surface area (Å²) >= 11 is 0. The first kappa shape index (κ1) is 8.39. The molecule has 68 valence electrons. The zero-order valence-electron chi connectivity index (χ0n) is 7.49. The summed E-state index contributed by atoms with van der Waals surface area (Å²) in [6.45, 7) is 0. The van der Waals surface area contributed by atoms with Crippen LogP contribution in [0.25, 0.3) is 5.53 Å². The lowest BCUT2D eigenvalue weighted by Gasteiger charge is -2.25. The third kappa shape index (κ3) is 1.36. The molecular weight excluding hydrogens is 164 g/mol. The quantitative estimate of drug-likeness (QED) is 0.315. The highest BCUT2D eigenvalue weighted by Gasteiger charge is 2.36. The van der Waals surface area contributed by atoms with Gasteiger partial charge in [-0.05, 0) is 19.3 Å². The lowest BCUT2D eigenvalue weighted by molar-refractivity contribution is -0.120. The van der Waals surface area contributed by atoms with E-state index in [4.69, 9.17) is 5.53 Å². The fraction of sp³-hybridized carbons (Fsp3) is 0.600. The Bertz CT molecular complexity index is 324. The van der Waals surface area contributed by atoms with E-state index in [9.17, 15) is 4.79 Å². The number of fused-ring (bicyclic) bond motifs is 1. The topological polar surface area (TPSA) is 53.5 Å². The Morgan fingerprint density at radius 3 is 3.08 bits per heavy atom. The Kier molecular flexibility index (Phi) is 2.11. The molecule has 3 nitrogen and oxygen atoms in total. The van der Waals surface area contributed by atoms with Gasteiger partial charge >= 0.3 is 5.71 Å². The number of hydrogen-bond acceptors (Lipinski definition) is 1.